The molecular weight excluding hydrogens is 450 g/mol. The molecule has 0 aliphatic heterocycles. The van der Waals surface area contributed by atoms with Crippen molar-refractivity contribution in [2.75, 3.05) is 6.61 Å². The van der Waals surface area contributed by atoms with Gasteiger partial charge in [-0.15, -0.1) is 0 Å². The average Bonchev–Trinajstić information content (AvgIpc) is 2.81. The smallest absolute Gasteiger partial charge is 0.261 e. The maximum absolute atomic E-state index is 14.6. The number of carbonyl (C=O) groups is 2. The maximum atomic E-state index is 14.6. The number of nitrogens with zero attached hydrogens (tertiary/aromatic N) is 1. The van der Waals surface area contributed by atoms with Crippen LogP contribution in [0.15, 0.2) is 78.9 Å². The second-order valence-corrected chi connectivity index (χ2v) is 9.30. The fraction of sp³-hybridized carbons (Fsp3) is 0.286. The lowest BCUT2D eigenvalue weighted by molar-refractivity contribution is -0.143. The third-order valence-electron chi connectivity index (χ3n) is 5.24. The largest absolute Gasteiger partial charge is 0.484 e. The molecule has 0 bridgehead atoms. The molecule has 3 aromatic rings. The van der Waals surface area contributed by atoms with Gasteiger partial charge in [-0.25, -0.2) is 8.78 Å². The van der Waals surface area contributed by atoms with E-state index in [0.717, 1.165) is 5.56 Å². The minimum atomic E-state index is -0.916. The monoisotopic (exact) mass is 480 g/mol. The number of benzene rings is 3. The van der Waals surface area contributed by atoms with Crippen LogP contribution >= 0.6 is 0 Å². The Morgan fingerprint density at radius 3 is 2.17 bits per heavy atom. The highest BCUT2D eigenvalue weighted by Gasteiger charge is 2.32. The van der Waals surface area contributed by atoms with Gasteiger partial charge in [-0.3, -0.25) is 9.59 Å². The van der Waals surface area contributed by atoms with E-state index in [2.05, 4.69) is 5.32 Å². The van der Waals surface area contributed by atoms with Crippen LogP contribution in [0.4, 0.5) is 8.78 Å². The average molecular weight is 481 g/mol. The molecule has 184 valence electrons. The number of ether oxygens (including phenoxy) is 1. The molecule has 0 saturated heterocycles. The van der Waals surface area contributed by atoms with Crippen molar-refractivity contribution >= 4 is 11.8 Å². The molecule has 7 heteroatoms. The summed E-state index contributed by atoms with van der Waals surface area (Å²) in [6.07, 6.45) is 0.236. The summed E-state index contributed by atoms with van der Waals surface area (Å²) in [7, 11) is 0. The van der Waals surface area contributed by atoms with Gasteiger partial charge >= 0.3 is 0 Å². The summed E-state index contributed by atoms with van der Waals surface area (Å²) < 4.78 is 33.3. The van der Waals surface area contributed by atoms with Crippen molar-refractivity contribution in [3.63, 3.8) is 0 Å². The minimum Gasteiger partial charge on any atom is -0.484 e. The molecule has 1 N–H and O–H groups in total. The molecule has 0 fully saturated rings. The molecule has 3 aromatic carbocycles. The Morgan fingerprint density at radius 1 is 0.914 bits per heavy atom. The lowest BCUT2D eigenvalue weighted by Gasteiger charge is -2.33. The van der Waals surface area contributed by atoms with Crippen LogP contribution in [-0.2, 0) is 22.6 Å². The van der Waals surface area contributed by atoms with Crippen LogP contribution in [0.5, 0.6) is 5.75 Å². The van der Waals surface area contributed by atoms with E-state index < -0.39 is 35.7 Å². The number of nitrogens with one attached hydrogen (secondary N) is 1. The predicted molar refractivity (Wildman–Crippen MR) is 131 cm³/mol. The van der Waals surface area contributed by atoms with Crippen molar-refractivity contribution in [2.24, 2.45) is 0 Å². The van der Waals surface area contributed by atoms with Crippen LogP contribution in [0.1, 0.15) is 31.9 Å². The highest BCUT2D eigenvalue weighted by Crippen LogP contribution is 2.19. The molecular formula is C28H30F2N2O3. The number of rotatable bonds is 9. The molecule has 1 atom stereocenters. The van der Waals surface area contributed by atoms with Crippen LogP contribution in [0.25, 0.3) is 0 Å². The first-order valence-electron chi connectivity index (χ1n) is 11.4. The molecule has 0 aliphatic rings. The van der Waals surface area contributed by atoms with Gasteiger partial charge < -0.3 is 15.0 Å². The molecule has 35 heavy (non-hydrogen) atoms. The highest BCUT2D eigenvalue weighted by atomic mass is 19.1. The molecule has 0 unspecified atom stereocenters. The summed E-state index contributed by atoms with van der Waals surface area (Å²) in [5.74, 6) is -1.44. The fourth-order valence-electron chi connectivity index (χ4n) is 3.58. The quantitative estimate of drug-likeness (QED) is 0.474. The second kappa shape index (κ2) is 11.6. The summed E-state index contributed by atoms with van der Waals surface area (Å²) in [6, 6.07) is 19.8. The molecule has 0 aliphatic carbocycles. The molecule has 0 heterocycles. The molecule has 3 rings (SSSR count). The first-order chi connectivity index (χ1) is 16.6. The van der Waals surface area contributed by atoms with Crippen molar-refractivity contribution in [3.05, 3.63) is 102 Å². The Kier molecular flexibility index (Phi) is 8.58. The Morgan fingerprint density at radius 2 is 1.54 bits per heavy atom. The lowest BCUT2D eigenvalue weighted by Crippen LogP contribution is -2.55. The third-order valence-corrected chi connectivity index (χ3v) is 5.24. The van der Waals surface area contributed by atoms with Gasteiger partial charge in [0.05, 0.1) is 0 Å². The second-order valence-electron chi connectivity index (χ2n) is 9.30. The van der Waals surface area contributed by atoms with E-state index in [-0.39, 0.29) is 24.4 Å². The summed E-state index contributed by atoms with van der Waals surface area (Å²) >= 11 is 0. The molecule has 0 aromatic heterocycles. The van der Waals surface area contributed by atoms with Gasteiger partial charge in [0.1, 0.15) is 23.4 Å². The summed E-state index contributed by atoms with van der Waals surface area (Å²) in [4.78, 5) is 28.2. The van der Waals surface area contributed by atoms with Crippen molar-refractivity contribution in [1.82, 2.24) is 10.2 Å². The molecule has 0 spiro atoms. The van der Waals surface area contributed by atoms with E-state index in [1.165, 1.54) is 35.2 Å². The number of carbonyl (C=O) groups excluding carboxylic acids is 2. The van der Waals surface area contributed by atoms with Gasteiger partial charge in [-0.05, 0) is 56.7 Å². The van der Waals surface area contributed by atoms with E-state index >= 15 is 0 Å². The Labute approximate surface area is 204 Å². The number of halogens is 2. The van der Waals surface area contributed by atoms with Gasteiger partial charge in [0.15, 0.2) is 6.61 Å². The normalized spacial score (nSPS) is 12.0. The van der Waals surface area contributed by atoms with Crippen LogP contribution in [0.3, 0.4) is 0 Å². The maximum Gasteiger partial charge on any atom is 0.261 e. The summed E-state index contributed by atoms with van der Waals surface area (Å²) in [5.41, 5.74) is 0.597. The standard InChI is InChI=1S/C28H30F2N2O3/c1-28(2,3)31-27(34)25(17-20-9-5-4-6-10-20)32(18-21-11-7-8-12-24(21)30)26(33)19-35-23-15-13-22(29)14-16-23/h4-16,25H,17-19H2,1-3H3,(H,31,34)/t25-/m0/s1. The zero-order chi connectivity index (χ0) is 25.4. The number of amides is 2. The number of hydrogen-bond donors (Lipinski definition) is 1. The van der Waals surface area contributed by atoms with Crippen LogP contribution < -0.4 is 10.1 Å². The van der Waals surface area contributed by atoms with E-state index in [4.69, 9.17) is 4.74 Å². The number of hydrogen-bond acceptors (Lipinski definition) is 3. The summed E-state index contributed by atoms with van der Waals surface area (Å²) in [5, 5.41) is 2.95. The zero-order valence-electron chi connectivity index (χ0n) is 20.1. The molecule has 0 radical (unpaired) electrons. The highest BCUT2D eigenvalue weighted by molar-refractivity contribution is 5.89. The van der Waals surface area contributed by atoms with Crippen molar-refractivity contribution in [1.29, 1.82) is 0 Å². The Hall–Kier alpha value is -3.74. The van der Waals surface area contributed by atoms with Gasteiger partial charge in [-0.2, -0.15) is 0 Å². The first-order valence-corrected chi connectivity index (χ1v) is 11.4. The van der Waals surface area contributed by atoms with Crippen molar-refractivity contribution < 1.29 is 23.1 Å². The van der Waals surface area contributed by atoms with E-state index in [9.17, 15) is 18.4 Å². The van der Waals surface area contributed by atoms with E-state index in [1.54, 1.807) is 18.2 Å². The lowest BCUT2D eigenvalue weighted by atomic mass is 10.0. The van der Waals surface area contributed by atoms with E-state index in [1.807, 2.05) is 51.1 Å². The van der Waals surface area contributed by atoms with Crippen LogP contribution in [0.2, 0.25) is 0 Å². The zero-order valence-corrected chi connectivity index (χ0v) is 20.1. The van der Waals surface area contributed by atoms with E-state index in [0.29, 0.717) is 5.75 Å². The van der Waals surface area contributed by atoms with Gasteiger partial charge in [-0.1, -0.05) is 48.5 Å². The minimum absolute atomic E-state index is 0.118. The van der Waals surface area contributed by atoms with Gasteiger partial charge in [0.2, 0.25) is 5.91 Å². The molecule has 2 amide bonds. The van der Waals surface area contributed by atoms with Crippen molar-refractivity contribution in [3.8, 4) is 5.75 Å². The van der Waals surface area contributed by atoms with Gasteiger partial charge in [0, 0.05) is 24.1 Å². The fourth-order valence-corrected chi connectivity index (χ4v) is 3.58. The Balaban J connectivity index is 1.93. The SMILES string of the molecule is CC(C)(C)NC(=O)[C@H](Cc1ccccc1)N(Cc1ccccc1F)C(=O)COc1ccc(F)cc1. The third kappa shape index (κ3) is 7.91. The topological polar surface area (TPSA) is 58.6 Å². The van der Waals surface area contributed by atoms with Crippen LogP contribution in [-0.4, -0.2) is 34.9 Å². The molecule has 0 saturated carbocycles. The van der Waals surface area contributed by atoms with Crippen molar-refractivity contribution in [2.45, 2.75) is 45.3 Å². The summed E-state index contributed by atoms with van der Waals surface area (Å²) in [6.45, 7) is 5.04. The van der Waals surface area contributed by atoms with Crippen LogP contribution in [0, 0.1) is 11.6 Å². The first kappa shape index (κ1) is 25.9. The Bertz CT molecular complexity index is 1130. The molecule has 5 nitrogen and oxygen atoms in total. The predicted octanol–water partition coefficient (Wildman–Crippen LogP) is 4.90. The van der Waals surface area contributed by atoms with Gasteiger partial charge in [0.25, 0.3) is 5.91 Å².